The molecular formula is C8H10N2O4S. The molecule has 0 unspecified atom stereocenters. The lowest BCUT2D eigenvalue weighted by molar-refractivity contribution is -0.385. The van der Waals surface area contributed by atoms with Gasteiger partial charge in [-0.1, -0.05) is 13.0 Å². The zero-order valence-electron chi connectivity index (χ0n) is 8.00. The van der Waals surface area contributed by atoms with E-state index in [2.05, 4.69) is 0 Å². The minimum Gasteiger partial charge on any atom is -0.258 e. The van der Waals surface area contributed by atoms with Gasteiger partial charge in [-0.15, -0.1) is 0 Å². The van der Waals surface area contributed by atoms with Gasteiger partial charge in [0.25, 0.3) is 5.69 Å². The lowest BCUT2D eigenvalue weighted by Gasteiger charge is -2.05. The second-order valence-electron chi connectivity index (χ2n) is 2.91. The predicted molar refractivity (Wildman–Crippen MR) is 53.8 cm³/mol. The van der Waals surface area contributed by atoms with Crippen LogP contribution in [-0.2, 0) is 16.4 Å². The van der Waals surface area contributed by atoms with E-state index in [1.165, 1.54) is 18.2 Å². The Bertz CT molecular complexity index is 495. The normalized spacial score (nSPS) is 11.3. The highest BCUT2D eigenvalue weighted by atomic mass is 32.2. The Morgan fingerprint density at radius 3 is 2.47 bits per heavy atom. The number of rotatable bonds is 3. The first kappa shape index (κ1) is 11.6. The van der Waals surface area contributed by atoms with Crippen molar-refractivity contribution >= 4 is 15.7 Å². The van der Waals surface area contributed by atoms with Crippen LogP contribution in [0.2, 0.25) is 0 Å². The Balaban J connectivity index is 3.56. The summed E-state index contributed by atoms with van der Waals surface area (Å²) < 4.78 is 22.3. The number of nitrogens with two attached hydrogens (primary N) is 1. The number of sulfonamides is 1. The third-order valence-electron chi connectivity index (χ3n) is 1.97. The van der Waals surface area contributed by atoms with Crippen molar-refractivity contribution in [2.24, 2.45) is 5.14 Å². The molecule has 0 bridgehead atoms. The molecule has 0 atom stereocenters. The Morgan fingerprint density at radius 1 is 1.47 bits per heavy atom. The van der Waals surface area contributed by atoms with Gasteiger partial charge in [0, 0.05) is 11.6 Å². The topological polar surface area (TPSA) is 103 Å². The summed E-state index contributed by atoms with van der Waals surface area (Å²) in [6.45, 7) is 1.64. The van der Waals surface area contributed by atoms with Gasteiger partial charge in [0.05, 0.1) is 9.82 Å². The zero-order chi connectivity index (χ0) is 11.6. The molecule has 0 spiro atoms. The molecule has 0 radical (unpaired) electrons. The number of nitrogens with zero attached hydrogens (tertiary/aromatic N) is 1. The molecular weight excluding hydrogens is 220 g/mol. The van der Waals surface area contributed by atoms with Gasteiger partial charge in [-0.2, -0.15) is 0 Å². The smallest absolute Gasteiger partial charge is 0.258 e. The first-order valence-corrected chi connectivity index (χ1v) is 5.71. The zero-order valence-corrected chi connectivity index (χ0v) is 8.82. The molecule has 1 rings (SSSR count). The highest BCUT2D eigenvalue weighted by Gasteiger charge is 2.21. The molecule has 0 saturated heterocycles. The molecule has 0 aliphatic heterocycles. The van der Waals surface area contributed by atoms with Crippen LogP contribution in [-0.4, -0.2) is 13.3 Å². The highest BCUT2D eigenvalue weighted by molar-refractivity contribution is 7.89. The summed E-state index contributed by atoms with van der Waals surface area (Å²) in [6, 6.07) is 3.83. The van der Waals surface area contributed by atoms with Gasteiger partial charge in [0.1, 0.15) is 0 Å². The summed E-state index contributed by atoms with van der Waals surface area (Å²) in [5.74, 6) is 0. The fourth-order valence-electron chi connectivity index (χ4n) is 1.35. The van der Waals surface area contributed by atoms with E-state index < -0.39 is 14.9 Å². The average molecular weight is 230 g/mol. The van der Waals surface area contributed by atoms with Gasteiger partial charge in [-0.25, -0.2) is 13.6 Å². The van der Waals surface area contributed by atoms with Crippen molar-refractivity contribution in [3.05, 3.63) is 33.9 Å². The third kappa shape index (κ3) is 2.31. The van der Waals surface area contributed by atoms with Gasteiger partial charge in [0.2, 0.25) is 10.0 Å². The molecule has 0 amide bonds. The van der Waals surface area contributed by atoms with Crippen LogP contribution >= 0.6 is 0 Å². The van der Waals surface area contributed by atoms with Gasteiger partial charge >= 0.3 is 0 Å². The van der Waals surface area contributed by atoms with Crippen LogP contribution < -0.4 is 5.14 Å². The SMILES string of the molecule is CCc1c([N+](=O)[O-])cccc1S(N)(=O)=O. The summed E-state index contributed by atoms with van der Waals surface area (Å²) >= 11 is 0. The van der Waals surface area contributed by atoms with Crippen molar-refractivity contribution < 1.29 is 13.3 Å². The summed E-state index contributed by atoms with van der Waals surface area (Å²) in [5.41, 5.74) is -0.0750. The standard InChI is InChI=1S/C8H10N2O4S/c1-2-6-7(10(11)12)4-3-5-8(6)15(9,13)14/h3-5H,2H2,1H3,(H2,9,13,14). The van der Waals surface area contributed by atoms with Crippen molar-refractivity contribution in [3.8, 4) is 0 Å². The van der Waals surface area contributed by atoms with E-state index in [4.69, 9.17) is 5.14 Å². The quantitative estimate of drug-likeness (QED) is 0.612. The van der Waals surface area contributed by atoms with Crippen molar-refractivity contribution in [2.75, 3.05) is 0 Å². The number of nitro benzene ring substituents is 1. The molecule has 0 fully saturated rings. The van der Waals surface area contributed by atoms with E-state index in [0.29, 0.717) is 0 Å². The van der Waals surface area contributed by atoms with Crippen molar-refractivity contribution in [1.29, 1.82) is 0 Å². The van der Waals surface area contributed by atoms with Gasteiger partial charge in [0.15, 0.2) is 0 Å². The Hall–Kier alpha value is -1.47. The maximum Gasteiger partial charge on any atom is 0.273 e. The lowest BCUT2D eigenvalue weighted by atomic mass is 10.1. The summed E-state index contributed by atoms with van der Waals surface area (Å²) in [5, 5.41) is 15.6. The Kier molecular flexibility index (Phi) is 3.06. The monoisotopic (exact) mass is 230 g/mol. The predicted octanol–water partition coefficient (Wildman–Crippen LogP) is 0.805. The van der Waals surface area contributed by atoms with Crippen LogP contribution in [0.25, 0.3) is 0 Å². The molecule has 0 aliphatic rings. The molecule has 6 nitrogen and oxygen atoms in total. The first-order chi connectivity index (χ1) is 6.88. The van der Waals surface area contributed by atoms with Gasteiger partial charge in [-0.3, -0.25) is 10.1 Å². The number of nitro groups is 1. The van der Waals surface area contributed by atoms with Crippen molar-refractivity contribution in [2.45, 2.75) is 18.2 Å². The molecule has 1 aromatic rings. The molecule has 2 N–H and O–H groups in total. The van der Waals surface area contributed by atoms with E-state index >= 15 is 0 Å². The molecule has 82 valence electrons. The molecule has 7 heteroatoms. The average Bonchev–Trinajstić information content (AvgIpc) is 2.15. The second-order valence-corrected chi connectivity index (χ2v) is 4.44. The third-order valence-corrected chi connectivity index (χ3v) is 2.96. The van der Waals surface area contributed by atoms with Crippen LogP contribution in [0.5, 0.6) is 0 Å². The van der Waals surface area contributed by atoms with Crippen LogP contribution in [0, 0.1) is 10.1 Å². The van der Waals surface area contributed by atoms with Crippen LogP contribution in [0.3, 0.4) is 0 Å². The Labute approximate surface area is 86.9 Å². The maximum atomic E-state index is 11.1. The largest absolute Gasteiger partial charge is 0.273 e. The van der Waals surface area contributed by atoms with Crippen LogP contribution in [0.1, 0.15) is 12.5 Å². The maximum absolute atomic E-state index is 11.1. The molecule has 1 aromatic carbocycles. The lowest BCUT2D eigenvalue weighted by Crippen LogP contribution is -2.15. The molecule has 0 aliphatic carbocycles. The van der Waals surface area contributed by atoms with E-state index in [1.54, 1.807) is 6.92 Å². The van der Waals surface area contributed by atoms with E-state index in [1.807, 2.05) is 0 Å². The number of benzene rings is 1. The Morgan fingerprint density at radius 2 is 2.07 bits per heavy atom. The summed E-state index contributed by atoms with van der Waals surface area (Å²) in [7, 11) is -3.91. The van der Waals surface area contributed by atoms with Gasteiger partial charge < -0.3 is 0 Å². The first-order valence-electron chi connectivity index (χ1n) is 4.17. The second kappa shape index (κ2) is 3.95. The fourth-order valence-corrected chi connectivity index (χ4v) is 2.21. The van der Waals surface area contributed by atoms with Crippen LogP contribution in [0.15, 0.2) is 23.1 Å². The van der Waals surface area contributed by atoms with Crippen molar-refractivity contribution in [3.63, 3.8) is 0 Å². The van der Waals surface area contributed by atoms with Crippen LogP contribution in [0.4, 0.5) is 5.69 Å². The summed E-state index contributed by atoms with van der Waals surface area (Å²) in [6.07, 6.45) is 0.239. The molecule has 0 aromatic heterocycles. The van der Waals surface area contributed by atoms with E-state index in [9.17, 15) is 18.5 Å². The number of primary sulfonamides is 1. The van der Waals surface area contributed by atoms with Gasteiger partial charge in [-0.05, 0) is 12.5 Å². The minimum absolute atomic E-state index is 0.144. The molecule has 0 saturated carbocycles. The van der Waals surface area contributed by atoms with E-state index in [0.717, 1.165) is 0 Å². The minimum atomic E-state index is -3.91. The molecule has 15 heavy (non-hydrogen) atoms. The van der Waals surface area contributed by atoms with Crippen molar-refractivity contribution in [1.82, 2.24) is 0 Å². The summed E-state index contributed by atoms with van der Waals surface area (Å²) in [4.78, 5) is 9.83. The highest BCUT2D eigenvalue weighted by Crippen LogP contribution is 2.25. The number of hydrogen-bond donors (Lipinski definition) is 1. The number of hydrogen-bond acceptors (Lipinski definition) is 4. The fraction of sp³-hybridized carbons (Fsp3) is 0.250. The van der Waals surface area contributed by atoms with E-state index in [-0.39, 0.29) is 22.6 Å². The molecule has 0 heterocycles.